The minimum Gasteiger partial charge on any atom is -0.482 e. The van der Waals surface area contributed by atoms with Crippen molar-refractivity contribution in [2.24, 2.45) is 0 Å². The van der Waals surface area contributed by atoms with Gasteiger partial charge in [0.1, 0.15) is 11.4 Å². The Morgan fingerprint density at radius 2 is 1.91 bits per heavy atom. The third kappa shape index (κ3) is 4.09. The predicted octanol–water partition coefficient (Wildman–Crippen LogP) is 1.54. The Bertz CT molecular complexity index is 636. The second kappa shape index (κ2) is 7.44. The molecule has 0 unspecified atom stereocenters. The molecule has 0 saturated carbocycles. The lowest BCUT2D eigenvalue weighted by Crippen LogP contribution is -2.30. The van der Waals surface area contributed by atoms with Gasteiger partial charge in [-0.15, -0.1) is 0 Å². The van der Waals surface area contributed by atoms with Gasteiger partial charge >= 0.3 is 12.0 Å². The summed E-state index contributed by atoms with van der Waals surface area (Å²) in [4.78, 5) is 35.8. The number of nitrogens with one attached hydrogen (secondary N) is 1. The van der Waals surface area contributed by atoms with Gasteiger partial charge in [-0.25, -0.2) is 9.59 Å². The number of likely N-dealkylation sites (N-methyl/N-ethyl adjacent to an activating group) is 1. The second-order valence-electron chi connectivity index (χ2n) is 4.70. The SMILES string of the molecule is CCOC(=O)COc1ccc(/C=C2/NC(=O)N(CC)C2=O)cc1. The van der Waals surface area contributed by atoms with Crippen LogP contribution < -0.4 is 10.1 Å². The Hall–Kier alpha value is -2.83. The first-order valence-electron chi connectivity index (χ1n) is 7.28. The summed E-state index contributed by atoms with van der Waals surface area (Å²) in [7, 11) is 0. The van der Waals surface area contributed by atoms with Crippen LogP contribution in [0.25, 0.3) is 6.08 Å². The number of amides is 3. The number of carbonyl (C=O) groups is 3. The maximum absolute atomic E-state index is 12.0. The third-order valence-corrected chi connectivity index (χ3v) is 3.13. The van der Waals surface area contributed by atoms with E-state index in [1.165, 1.54) is 0 Å². The fraction of sp³-hybridized carbons (Fsp3) is 0.312. The molecule has 7 heteroatoms. The standard InChI is InChI=1S/C16H18N2O5/c1-3-18-15(20)13(17-16(18)21)9-11-5-7-12(8-6-11)23-10-14(19)22-4-2/h5-9H,3-4,10H2,1-2H3,(H,17,21)/b13-9+. The predicted molar refractivity (Wildman–Crippen MR) is 82.5 cm³/mol. The van der Waals surface area contributed by atoms with E-state index < -0.39 is 12.0 Å². The van der Waals surface area contributed by atoms with Crippen molar-refractivity contribution in [2.45, 2.75) is 13.8 Å². The van der Waals surface area contributed by atoms with Crippen LogP contribution in [0.2, 0.25) is 0 Å². The molecule has 7 nitrogen and oxygen atoms in total. The molecule has 1 fully saturated rings. The maximum atomic E-state index is 12.0. The quantitative estimate of drug-likeness (QED) is 0.488. The Balaban J connectivity index is 2.00. The van der Waals surface area contributed by atoms with Crippen LogP contribution in [0.3, 0.4) is 0 Å². The summed E-state index contributed by atoms with van der Waals surface area (Å²) in [5.41, 5.74) is 0.965. The molecular formula is C16H18N2O5. The first-order valence-corrected chi connectivity index (χ1v) is 7.28. The van der Waals surface area contributed by atoms with Crippen LogP contribution in [0.15, 0.2) is 30.0 Å². The van der Waals surface area contributed by atoms with Gasteiger partial charge in [0, 0.05) is 6.54 Å². The number of hydrogen-bond acceptors (Lipinski definition) is 5. The van der Waals surface area contributed by atoms with Gasteiger partial charge in [-0.1, -0.05) is 12.1 Å². The van der Waals surface area contributed by atoms with Crippen LogP contribution in [0.5, 0.6) is 5.75 Å². The molecule has 23 heavy (non-hydrogen) atoms. The van der Waals surface area contributed by atoms with Crippen molar-refractivity contribution in [3.05, 3.63) is 35.5 Å². The van der Waals surface area contributed by atoms with E-state index in [2.05, 4.69) is 5.32 Å². The van der Waals surface area contributed by atoms with Gasteiger partial charge in [-0.2, -0.15) is 0 Å². The van der Waals surface area contributed by atoms with Crippen molar-refractivity contribution >= 4 is 24.0 Å². The number of carbonyl (C=O) groups excluding carboxylic acids is 3. The Labute approximate surface area is 133 Å². The van der Waals surface area contributed by atoms with E-state index in [1.54, 1.807) is 44.2 Å². The molecule has 0 spiro atoms. The van der Waals surface area contributed by atoms with Crippen LogP contribution in [-0.2, 0) is 14.3 Å². The first kappa shape index (κ1) is 16.5. The number of hydrogen-bond donors (Lipinski definition) is 1. The highest BCUT2D eigenvalue weighted by atomic mass is 16.6. The summed E-state index contributed by atoms with van der Waals surface area (Å²) in [5, 5.41) is 2.53. The average molecular weight is 318 g/mol. The van der Waals surface area contributed by atoms with Gasteiger partial charge in [0.15, 0.2) is 6.61 Å². The fourth-order valence-corrected chi connectivity index (χ4v) is 2.03. The van der Waals surface area contributed by atoms with E-state index in [9.17, 15) is 14.4 Å². The van der Waals surface area contributed by atoms with E-state index in [4.69, 9.17) is 9.47 Å². The molecule has 1 aliphatic rings. The molecule has 1 aromatic carbocycles. The Kier molecular flexibility index (Phi) is 5.35. The number of imide groups is 1. The van der Waals surface area contributed by atoms with E-state index in [-0.39, 0.29) is 18.2 Å². The molecule has 1 aromatic rings. The van der Waals surface area contributed by atoms with E-state index in [0.717, 1.165) is 10.5 Å². The van der Waals surface area contributed by atoms with Crippen molar-refractivity contribution in [3.8, 4) is 5.75 Å². The lowest BCUT2D eigenvalue weighted by Gasteiger charge is -2.06. The van der Waals surface area contributed by atoms with E-state index >= 15 is 0 Å². The number of ether oxygens (including phenoxy) is 2. The highest BCUT2D eigenvalue weighted by Gasteiger charge is 2.31. The molecular weight excluding hydrogens is 300 g/mol. The number of esters is 1. The molecule has 1 saturated heterocycles. The van der Waals surface area contributed by atoms with Crippen LogP contribution in [0, 0.1) is 0 Å². The van der Waals surface area contributed by atoms with Gasteiger partial charge in [-0.3, -0.25) is 9.69 Å². The summed E-state index contributed by atoms with van der Waals surface area (Å²) in [6, 6.07) is 6.37. The molecule has 0 atom stereocenters. The molecule has 0 bridgehead atoms. The second-order valence-corrected chi connectivity index (χ2v) is 4.70. The highest BCUT2D eigenvalue weighted by Crippen LogP contribution is 2.17. The van der Waals surface area contributed by atoms with E-state index in [0.29, 0.717) is 18.9 Å². The molecule has 3 amide bonds. The van der Waals surface area contributed by atoms with Gasteiger partial charge in [0.2, 0.25) is 0 Å². The van der Waals surface area contributed by atoms with Gasteiger partial charge in [-0.05, 0) is 37.6 Å². The molecule has 0 aromatic heterocycles. The molecule has 1 N–H and O–H groups in total. The van der Waals surface area contributed by atoms with Crippen LogP contribution in [-0.4, -0.2) is 42.6 Å². The van der Waals surface area contributed by atoms with Gasteiger partial charge in [0.25, 0.3) is 5.91 Å². The summed E-state index contributed by atoms with van der Waals surface area (Å²) < 4.78 is 10.0. The first-order chi connectivity index (χ1) is 11.0. The number of nitrogens with zero attached hydrogens (tertiary/aromatic N) is 1. The number of urea groups is 1. The van der Waals surface area contributed by atoms with Crippen LogP contribution in [0.1, 0.15) is 19.4 Å². The summed E-state index contributed by atoms with van der Waals surface area (Å²) >= 11 is 0. The zero-order chi connectivity index (χ0) is 16.8. The number of benzene rings is 1. The van der Waals surface area contributed by atoms with E-state index in [1.807, 2.05) is 0 Å². The average Bonchev–Trinajstić information content (AvgIpc) is 2.80. The fourth-order valence-electron chi connectivity index (χ4n) is 2.03. The molecule has 2 rings (SSSR count). The smallest absolute Gasteiger partial charge is 0.344 e. The third-order valence-electron chi connectivity index (χ3n) is 3.13. The largest absolute Gasteiger partial charge is 0.482 e. The lowest BCUT2D eigenvalue weighted by atomic mass is 10.2. The number of rotatable bonds is 6. The van der Waals surface area contributed by atoms with Crippen molar-refractivity contribution in [1.82, 2.24) is 10.2 Å². The Morgan fingerprint density at radius 3 is 2.48 bits per heavy atom. The normalized spacial score (nSPS) is 15.7. The van der Waals surface area contributed by atoms with Gasteiger partial charge in [0.05, 0.1) is 6.61 Å². The molecule has 1 aliphatic heterocycles. The topological polar surface area (TPSA) is 84.9 Å². The van der Waals surface area contributed by atoms with Crippen molar-refractivity contribution in [2.75, 3.05) is 19.8 Å². The zero-order valence-corrected chi connectivity index (χ0v) is 13.0. The van der Waals surface area contributed by atoms with Crippen molar-refractivity contribution in [3.63, 3.8) is 0 Å². The van der Waals surface area contributed by atoms with Crippen LogP contribution in [0.4, 0.5) is 4.79 Å². The lowest BCUT2D eigenvalue weighted by molar-refractivity contribution is -0.145. The Morgan fingerprint density at radius 1 is 1.22 bits per heavy atom. The molecule has 1 heterocycles. The molecule has 0 aliphatic carbocycles. The van der Waals surface area contributed by atoms with Crippen molar-refractivity contribution < 1.29 is 23.9 Å². The maximum Gasteiger partial charge on any atom is 0.344 e. The van der Waals surface area contributed by atoms with Gasteiger partial charge < -0.3 is 14.8 Å². The van der Waals surface area contributed by atoms with Crippen LogP contribution >= 0.6 is 0 Å². The van der Waals surface area contributed by atoms with Crippen molar-refractivity contribution in [1.29, 1.82) is 0 Å². The zero-order valence-electron chi connectivity index (χ0n) is 13.0. The highest BCUT2D eigenvalue weighted by molar-refractivity contribution is 6.13. The molecule has 0 radical (unpaired) electrons. The summed E-state index contributed by atoms with van der Waals surface area (Å²) in [5.74, 6) is -0.269. The summed E-state index contributed by atoms with van der Waals surface area (Å²) in [6.45, 7) is 3.93. The minimum atomic E-state index is -0.433. The monoisotopic (exact) mass is 318 g/mol. The molecule has 122 valence electrons. The minimum absolute atomic E-state index is 0.158. The summed E-state index contributed by atoms with van der Waals surface area (Å²) in [6.07, 6.45) is 1.59.